The van der Waals surface area contributed by atoms with Crippen LogP contribution < -0.4 is 11.1 Å². The maximum absolute atomic E-state index is 11.6. The van der Waals surface area contributed by atoms with Crippen molar-refractivity contribution in [1.82, 2.24) is 15.3 Å². The third kappa shape index (κ3) is 8.21. The van der Waals surface area contributed by atoms with Gasteiger partial charge in [0.2, 0.25) is 5.28 Å². The maximum Gasteiger partial charge on any atom is 0.407 e. The van der Waals surface area contributed by atoms with Gasteiger partial charge in [-0.15, -0.1) is 0 Å². The Bertz CT molecular complexity index is 730. The summed E-state index contributed by atoms with van der Waals surface area (Å²) in [6, 6.07) is 0.264. The zero-order valence-electron chi connectivity index (χ0n) is 16.7. The summed E-state index contributed by atoms with van der Waals surface area (Å²) in [4.78, 5) is 28.6. The van der Waals surface area contributed by atoms with E-state index in [1.165, 1.54) is 6.20 Å². The van der Waals surface area contributed by atoms with Crippen molar-refractivity contribution in [2.45, 2.75) is 70.9 Å². The molecule has 8 nitrogen and oxygen atoms in total. The summed E-state index contributed by atoms with van der Waals surface area (Å²) >= 11 is 5.81. The molecule has 0 fully saturated rings. The van der Waals surface area contributed by atoms with Crippen LogP contribution in [0.25, 0.3) is 0 Å². The van der Waals surface area contributed by atoms with Gasteiger partial charge in [-0.25, -0.2) is 14.8 Å². The molecule has 0 bridgehead atoms. The van der Waals surface area contributed by atoms with Crippen molar-refractivity contribution in [3.63, 3.8) is 0 Å². The Kier molecular flexibility index (Phi) is 8.17. The summed E-state index contributed by atoms with van der Waals surface area (Å²) < 4.78 is 5.21. The third-order valence-corrected chi connectivity index (χ3v) is 4.24. The summed E-state index contributed by atoms with van der Waals surface area (Å²) in [5.41, 5.74) is 6.61. The molecule has 0 aromatic carbocycles. The number of hydrogen-bond donors (Lipinski definition) is 2. The number of rotatable bonds is 6. The van der Waals surface area contributed by atoms with Gasteiger partial charge in [0.15, 0.2) is 5.82 Å². The molecule has 0 spiro atoms. The van der Waals surface area contributed by atoms with E-state index in [2.05, 4.69) is 25.3 Å². The van der Waals surface area contributed by atoms with Gasteiger partial charge in [-0.2, -0.15) is 4.98 Å². The highest BCUT2D eigenvalue weighted by Gasteiger charge is 2.16. The molecule has 1 unspecified atom stereocenters. The first-order valence-corrected chi connectivity index (χ1v) is 9.96. The Morgan fingerprint density at radius 2 is 2.21 bits per heavy atom. The first kappa shape index (κ1) is 22.1. The van der Waals surface area contributed by atoms with Gasteiger partial charge in [-0.3, -0.25) is 4.99 Å². The van der Waals surface area contributed by atoms with Crippen LogP contribution in [0.5, 0.6) is 0 Å². The van der Waals surface area contributed by atoms with Crippen LogP contribution in [0.4, 0.5) is 16.3 Å². The second kappa shape index (κ2) is 10.4. The largest absolute Gasteiger partial charge is 0.444 e. The van der Waals surface area contributed by atoms with Gasteiger partial charge < -0.3 is 15.8 Å². The number of aliphatic imine (C=N–C) groups is 2. The van der Waals surface area contributed by atoms with Gasteiger partial charge >= 0.3 is 6.09 Å². The van der Waals surface area contributed by atoms with Crippen LogP contribution >= 0.6 is 11.6 Å². The van der Waals surface area contributed by atoms with E-state index in [0.717, 1.165) is 44.2 Å². The van der Waals surface area contributed by atoms with Crippen molar-refractivity contribution >= 4 is 41.1 Å². The molecular weight excluding hydrogens is 380 g/mol. The molecule has 0 saturated heterocycles. The lowest BCUT2D eigenvalue weighted by Gasteiger charge is -2.19. The second-order valence-electron chi connectivity index (χ2n) is 7.77. The minimum absolute atomic E-state index is 0.122. The molecule has 1 aliphatic rings. The predicted molar refractivity (Wildman–Crippen MR) is 113 cm³/mol. The van der Waals surface area contributed by atoms with Gasteiger partial charge in [-0.1, -0.05) is 0 Å². The van der Waals surface area contributed by atoms with Crippen molar-refractivity contribution in [2.75, 3.05) is 12.3 Å². The Labute approximate surface area is 171 Å². The lowest BCUT2D eigenvalue weighted by molar-refractivity contribution is 0.0527. The van der Waals surface area contributed by atoms with Crippen molar-refractivity contribution in [1.29, 1.82) is 0 Å². The minimum atomic E-state index is -0.472. The SMILES string of the molecule is CC(C)(C)OC(=O)NCCCCC1CCCC(=Nc2nc(Cl)ncc2N)C=N1. The van der Waals surface area contributed by atoms with Crippen LogP contribution in [0.3, 0.4) is 0 Å². The smallest absolute Gasteiger partial charge is 0.407 e. The van der Waals surface area contributed by atoms with Gasteiger partial charge in [0, 0.05) is 12.8 Å². The highest BCUT2D eigenvalue weighted by atomic mass is 35.5. The molecule has 3 N–H and O–H groups in total. The Morgan fingerprint density at radius 3 is 2.96 bits per heavy atom. The molecule has 154 valence electrons. The molecule has 1 aromatic rings. The molecule has 0 radical (unpaired) electrons. The standard InChI is InChI=1S/C19H29ClN6O2/c1-19(2,3)28-18(27)22-10-5-4-7-13-8-6-9-14(11-23-13)25-16-15(21)12-24-17(20)26-16/h11-13H,4-10,21H2,1-3H3,(H,22,27). The number of alkyl carbamates (subject to hydrolysis) is 1. The van der Waals surface area contributed by atoms with Gasteiger partial charge in [0.25, 0.3) is 0 Å². The summed E-state index contributed by atoms with van der Waals surface area (Å²) in [5.74, 6) is 0.383. The lowest BCUT2D eigenvalue weighted by Crippen LogP contribution is -2.33. The van der Waals surface area contributed by atoms with E-state index in [-0.39, 0.29) is 17.4 Å². The summed E-state index contributed by atoms with van der Waals surface area (Å²) in [6.45, 7) is 6.15. The lowest BCUT2D eigenvalue weighted by atomic mass is 10.0. The Morgan fingerprint density at radius 1 is 1.43 bits per heavy atom. The number of nitrogens with zero attached hydrogens (tertiary/aromatic N) is 4. The number of ether oxygens (including phenoxy) is 1. The molecule has 1 aliphatic heterocycles. The molecule has 2 rings (SSSR count). The number of carbonyl (C=O) groups excluding carboxylic acids is 1. The molecule has 0 saturated carbocycles. The number of hydrogen-bond acceptors (Lipinski definition) is 7. The number of unbranched alkanes of at least 4 members (excludes halogenated alkanes) is 1. The van der Waals surface area contributed by atoms with Crippen molar-refractivity contribution < 1.29 is 9.53 Å². The molecule has 2 heterocycles. The van der Waals surface area contributed by atoms with Gasteiger partial charge in [-0.05, 0) is 70.9 Å². The number of carbonyl (C=O) groups is 1. The van der Waals surface area contributed by atoms with Crippen LogP contribution in [0.2, 0.25) is 5.28 Å². The normalized spacial score (nSPS) is 18.7. The number of nitrogens with one attached hydrogen (secondary N) is 1. The monoisotopic (exact) mass is 408 g/mol. The first-order chi connectivity index (χ1) is 13.2. The van der Waals surface area contributed by atoms with Crippen molar-refractivity contribution in [2.24, 2.45) is 9.98 Å². The van der Waals surface area contributed by atoms with Crippen LogP contribution in [0, 0.1) is 0 Å². The average Bonchev–Trinajstić information content (AvgIpc) is 2.82. The molecule has 9 heteroatoms. The molecule has 28 heavy (non-hydrogen) atoms. The molecule has 1 aromatic heterocycles. The minimum Gasteiger partial charge on any atom is -0.444 e. The van der Waals surface area contributed by atoms with Gasteiger partial charge in [0.1, 0.15) is 5.60 Å². The number of nitrogen functional groups attached to an aromatic ring is 1. The number of amides is 1. The fourth-order valence-electron chi connectivity index (χ4n) is 2.75. The van der Waals surface area contributed by atoms with Crippen LogP contribution in [0.1, 0.15) is 59.3 Å². The summed E-state index contributed by atoms with van der Waals surface area (Å²) in [7, 11) is 0. The summed E-state index contributed by atoms with van der Waals surface area (Å²) in [6.07, 6.45) is 8.57. The van der Waals surface area contributed by atoms with Gasteiger partial charge in [0.05, 0.1) is 23.6 Å². The second-order valence-corrected chi connectivity index (χ2v) is 8.11. The van der Waals surface area contributed by atoms with Crippen molar-refractivity contribution in [3.8, 4) is 0 Å². The van der Waals surface area contributed by atoms with Crippen LogP contribution in [0.15, 0.2) is 16.2 Å². The molecular formula is C19H29ClN6O2. The third-order valence-electron chi connectivity index (χ3n) is 4.05. The number of halogens is 1. The number of anilines is 1. The first-order valence-electron chi connectivity index (χ1n) is 9.58. The zero-order valence-corrected chi connectivity index (χ0v) is 17.5. The highest BCUT2D eigenvalue weighted by molar-refractivity contribution is 6.31. The van der Waals surface area contributed by atoms with E-state index >= 15 is 0 Å². The number of aromatic nitrogens is 2. The number of nitrogens with two attached hydrogens (primary N) is 1. The highest BCUT2D eigenvalue weighted by Crippen LogP contribution is 2.22. The topological polar surface area (TPSA) is 115 Å². The van der Waals surface area contributed by atoms with E-state index in [0.29, 0.717) is 18.1 Å². The Balaban J connectivity index is 1.76. The zero-order chi connectivity index (χ0) is 20.6. The van der Waals surface area contributed by atoms with Crippen LogP contribution in [-0.4, -0.2) is 46.2 Å². The summed E-state index contributed by atoms with van der Waals surface area (Å²) in [5, 5.41) is 2.90. The van der Waals surface area contributed by atoms with E-state index in [1.807, 2.05) is 27.0 Å². The predicted octanol–water partition coefficient (Wildman–Crippen LogP) is 4.10. The van der Waals surface area contributed by atoms with Crippen LogP contribution in [-0.2, 0) is 4.74 Å². The van der Waals surface area contributed by atoms with E-state index in [1.54, 1.807) is 0 Å². The van der Waals surface area contributed by atoms with E-state index in [4.69, 9.17) is 22.1 Å². The molecule has 1 amide bonds. The van der Waals surface area contributed by atoms with E-state index < -0.39 is 5.60 Å². The maximum atomic E-state index is 11.6. The van der Waals surface area contributed by atoms with E-state index in [9.17, 15) is 4.79 Å². The molecule has 1 atom stereocenters. The average molecular weight is 409 g/mol. The molecule has 0 aliphatic carbocycles. The Hall–Kier alpha value is -2.22. The van der Waals surface area contributed by atoms with Crippen molar-refractivity contribution in [3.05, 3.63) is 11.5 Å². The fraction of sp³-hybridized carbons (Fsp3) is 0.632. The quantitative estimate of drug-likeness (QED) is 0.543. The fourth-order valence-corrected chi connectivity index (χ4v) is 2.88.